The number of amidine groups is 1. The molecule has 0 bridgehead atoms. The topological polar surface area (TPSA) is 73.7 Å². The van der Waals surface area contributed by atoms with Crippen molar-refractivity contribution in [2.24, 2.45) is 5.73 Å². The van der Waals surface area contributed by atoms with Crippen LogP contribution >= 0.6 is 12.4 Å². The van der Waals surface area contributed by atoms with E-state index in [2.05, 4.69) is 0 Å². The van der Waals surface area contributed by atoms with Crippen molar-refractivity contribution in [2.45, 2.75) is 0 Å². The molecule has 104 valence electrons. The molecule has 0 aliphatic rings. The van der Waals surface area contributed by atoms with Gasteiger partial charge in [-0.3, -0.25) is 5.41 Å². The quantitative estimate of drug-likeness (QED) is 0.626. The van der Waals surface area contributed by atoms with E-state index >= 15 is 0 Å². The Hall–Kier alpha value is -2.45. The van der Waals surface area contributed by atoms with Crippen molar-refractivity contribution in [1.82, 2.24) is 0 Å². The van der Waals surface area contributed by atoms with Gasteiger partial charge in [-0.15, -0.1) is 12.4 Å². The molecule has 0 aliphatic carbocycles. The summed E-state index contributed by atoms with van der Waals surface area (Å²) >= 11 is 0. The van der Waals surface area contributed by atoms with Gasteiger partial charge in [0.05, 0.1) is 11.6 Å². The van der Waals surface area contributed by atoms with Gasteiger partial charge in [0.15, 0.2) is 0 Å². The minimum atomic E-state index is -0.315. The number of nitrogens with one attached hydrogen (secondary N) is 1. The second kappa shape index (κ2) is 8.62. The van der Waals surface area contributed by atoms with Crippen molar-refractivity contribution in [3.05, 3.63) is 71.3 Å². The van der Waals surface area contributed by atoms with Crippen LogP contribution in [0, 0.1) is 28.4 Å². The first kappa shape index (κ1) is 17.6. The lowest BCUT2D eigenvalue weighted by Crippen LogP contribution is -2.10. The Balaban J connectivity index is 0.000000345. The van der Waals surface area contributed by atoms with Gasteiger partial charge >= 0.3 is 0 Å². The lowest BCUT2D eigenvalue weighted by molar-refractivity contribution is 0.627. The monoisotopic (exact) mass is 295 g/mol. The molecule has 0 radical (unpaired) electrons. The number of benzene rings is 2. The van der Waals surface area contributed by atoms with Gasteiger partial charge in [-0.2, -0.15) is 5.26 Å². The number of hydrogen-bond acceptors (Lipinski definition) is 2. The van der Waals surface area contributed by atoms with E-state index < -0.39 is 0 Å². The fourth-order valence-electron chi connectivity index (χ4n) is 1.15. The summed E-state index contributed by atoms with van der Waals surface area (Å²) in [5.41, 5.74) is 6.15. The fourth-order valence-corrected chi connectivity index (χ4v) is 1.15. The maximum atomic E-state index is 12.2. The molecule has 0 saturated carbocycles. The number of hydrogen-bond donors (Lipinski definition) is 2. The summed E-state index contributed by atoms with van der Waals surface area (Å²) in [6.45, 7) is 0. The first-order valence-corrected chi connectivity index (χ1v) is 5.28. The molecule has 0 saturated heterocycles. The van der Waals surface area contributed by atoms with Crippen molar-refractivity contribution in [3.63, 3.8) is 0 Å². The van der Waals surface area contributed by atoms with Crippen LogP contribution in [0.1, 0.15) is 11.1 Å². The van der Waals surface area contributed by atoms with Gasteiger partial charge in [-0.05, 0) is 48.5 Å². The van der Waals surface area contributed by atoms with E-state index in [1.54, 1.807) is 0 Å². The smallest absolute Gasteiger partial charge is 0.123 e. The standard InChI is InChI=1S/C7H7FN2.C7H4FN.ClH/c8-6-3-1-5(2-4-6)7(9)10;8-7-3-1-6(5-9)2-4-7;/h1-4H,(H3,9,10);1-4H;1H. The molecule has 6 heteroatoms. The summed E-state index contributed by atoms with van der Waals surface area (Å²) in [5, 5.41) is 15.2. The molecule has 0 heterocycles. The van der Waals surface area contributed by atoms with Crippen molar-refractivity contribution in [2.75, 3.05) is 0 Å². The SMILES string of the molecule is Cl.N#Cc1ccc(F)cc1.N=C(N)c1ccc(F)cc1. The van der Waals surface area contributed by atoms with Crippen molar-refractivity contribution < 1.29 is 8.78 Å². The van der Waals surface area contributed by atoms with Crippen molar-refractivity contribution in [3.8, 4) is 6.07 Å². The molecule has 0 unspecified atom stereocenters. The van der Waals surface area contributed by atoms with Gasteiger partial charge in [-0.25, -0.2) is 8.78 Å². The van der Waals surface area contributed by atoms with E-state index in [4.69, 9.17) is 16.4 Å². The minimum Gasteiger partial charge on any atom is -0.384 e. The molecule has 0 amide bonds. The maximum Gasteiger partial charge on any atom is 0.123 e. The molecule has 20 heavy (non-hydrogen) atoms. The molecule has 2 aromatic carbocycles. The number of rotatable bonds is 1. The van der Waals surface area contributed by atoms with Crippen LogP contribution in [-0.4, -0.2) is 5.84 Å². The highest BCUT2D eigenvalue weighted by Crippen LogP contribution is 2.00. The highest BCUT2D eigenvalue weighted by molar-refractivity contribution is 5.94. The Labute approximate surface area is 121 Å². The highest BCUT2D eigenvalue weighted by atomic mass is 35.5. The normalized spacial score (nSPS) is 8.45. The molecular formula is C14H12ClF2N3. The van der Waals surface area contributed by atoms with Crippen LogP contribution in [0.15, 0.2) is 48.5 Å². The fraction of sp³-hybridized carbons (Fsp3) is 0. The summed E-state index contributed by atoms with van der Waals surface area (Å²) in [5.74, 6) is -0.668. The summed E-state index contributed by atoms with van der Waals surface area (Å²) in [7, 11) is 0. The van der Waals surface area contributed by atoms with Gasteiger partial charge < -0.3 is 5.73 Å². The van der Waals surface area contributed by atoms with E-state index in [1.165, 1.54) is 48.5 Å². The van der Waals surface area contributed by atoms with Crippen LogP contribution < -0.4 is 5.73 Å². The number of nitrogens with zero attached hydrogens (tertiary/aromatic N) is 1. The summed E-state index contributed by atoms with van der Waals surface area (Å²) in [4.78, 5) is 0. The lowest BCUT2D eigenvalue weighted by atomic mass is 10.2. The zero-order valence-corrected chi connectivity index (χ0v) is 11.1. The maximum absolute atomic E-state index is 12.2. The molecule has 2 aromatic rings. The van der Waals surface area contributed by atoms with E-state index in [0.29, 0.717) is 11.1 Å². The largest absolute Gasteiger partial charge is 0.384 e. The van der Waals surface area contributed by atoms with Crippen LogP contribution in [0.4, 0.5) is 8.78 Å². The van der Waals surface area contributed by atoms with E-state index in [9.17, 15) is 8.78 Å². The Bertz CT molecular complexity index is 589. The summed E-state index contributed by atoms with van der Waals surface area (Å²) in [6, 6.07) is 12.8. The van der Waals surface area contributed by atoms with Gasteiger partial charge in [0.2, 0.25) is 0 Å². The predicted octanol–water partition coefficient (Wildman–Crippen LogP) is 3.23. The van der Waals surface area contributed by atoms with E-state index in [-0.39, 0.29) is 29.9 Å². The highest BCUT2D eigenvalue weighted by Gasteiger charge is 1.94. The first-order valence-electron chi connectivity index (χ1n) is 5.28. The summed E-state index contributed by atoms with van der Waals surface area (Å²) < 4.78 is 24.4. The van der Waals surface area contributed by atoms with Gasteiger partial charge in [0, 0.05) is 5.56 Å². The van der Waals surface area contributed by atoms with Crippen molar-refractivity contribution in [1.29, 1.82) is 10.7 Å². The molecule has 0 spiro atoms. The lowest BCUT2D eigenvalue weighted by Gasteiger charge is -1.94. The van der Waals surface area contributed by atoms with Crippen molar-refractivity contribution >= 4 is 18.2 Å². The number of nitrogen functional groups attached to an aromatic ring is 1. The molecule has 0 atom stereocenters. The molecular weight excluding hydrogens is 284 g/mol. The molecule has 2 rings (SSSR count). The van der Waals surface area contributed by atoms with E-state index in [1.807, 2.05) is 6.07 Å². The minimum absolute atomic E-state index is 0. The number of nitriles is 1. The second-order valence-corrected chi connectivity index (χ2v) is 3.54. The number of halogens is 3. The van der Waals surface area contributed by atoms with Crippen LogP contribution in [0.5, 0.6) is 0 Å². The second-order valence-electron chi connectivity index (χ2n) is 3.54. The molecule has 0 aromatic heterocycles. The Kier molecular flexibility index (Phi) is 7.56. The first-order chi connectivity index (χ1) is 9.02. The Morgan fingerprint density at radius 1 is 0.950 bits per heavy atom. The predicted molar refractivity (Wildman–Crippen MR) is 75.8 cm³/mol. The Morgan fingerprint density at radius 2 is 1.35 bits per heavy atom. The third-order valence-corrected chi connectivity index (χ3v) is 2.13. The van der Waals surface area contributed by atoms with Crippen LogP contribution in [0.25, 0.3) is 0 Å². The molecule has 0 aliphatic heterocycles. The van der Waals surface area contributed by atoms with Gasteiger partial charge in [0.25, 0.3) is 0 Å². The Morgan fingerprint density at radius 3 is 1.70 bits per heavy atom. The van der Waals surface area contributed by atoms with Crippen LogP contribution in [0.3, 0.4) is 0 Å². The zero-order valence-electron chi connectivity index (χ0n) is 10.3. The molecule has 3 nitrogen and oxygen atoms in total. The van der Waals surface area contributed by atoms with E-state index in [0.717, 1.165) is 0 Å². The third-order valence-electron chi connectivity index (χ3n) is 2.13. The summed E-state index contributed by atoms with van der Waals surface area (Å²) in [6.07, 6.45) is 0. The average Bonchev–Trinajstić information content (AvgIpc) is 2.41. The molecule has 3 N–H and O–H groups in total. The van der Waals surface area contributed by atoms with Crippen LogP contribution in [-0.2, 0) is 0 Å². The van der Waals surface area contributed by atoms with Gasteiger partial charge in [-0.1, -0.05) is 0 Å². The zero-order chi connectivity index (χ0) is 14.3. The average molecular weight is 296 g/mol. The molecule has 0 fully saturated rings. The third kappa shape index (κ3) is 5.94. The van der Waals surface area contributed by atoms with Crippen LogP contribution in [0.2, 0.25) is 0 Å². The number of nitrogens with two attached hydrogens (primary N) is 1. The van der Waals surface area contributed by atoms with Gasteiger partial charge in [0.1, 0.15) is 17.5 Å².